The molecular weight excluding hydrogens is 847 g/mol. The molecule has 0 saturated heterocycles. The SMILES string of the molecule is C.C.CCN(C(=O)OC)c1ccc2c(c1)/C(=C/C1=CCC=N1)CCO2.CCN(C(=O)OC)c1ccc2c(c1)/C(=C/c1cnc[nH]1)CCO2.CCNc1ccc2c(c1)/C(=C/C1=CCC=N1)CCO2. The average molecular weight is 912 g/mol. The molecule has 4 aromatic rings. The molecule has 2 N–H and O–H groups in total. The van der Waals surface area contributed by atoms with Crippen LogP contribution in [0.4, 0.5) is 26.7 Å². The fourth-order valence-corrected chi connectivity index (χ4v) is 7.92. The van der Waals surface area contributed by atoms with E-state index in [0.717, 1.165) is 113 Å². The molecule has 5 aliphatic rings. The highest BCUT2D eigenvalue weighted by atomic mass is 16.5. The van der Waals surface area contributed by atoms with Crippen LogP contribution in [0.15, 0.2) is 113 Å². The van der Waals surface area contributed by atoms with Gasteiger partial charge in [0.15, 0.2) is 0 Å². The molecular formula is C53H65N7O7. The van der Waals surface area contributed by atoms with Crippen molar-refractivity contribution in [2.45, 2.75) is 67.7 Å². The number of aliphatic imine (C=N–C) groups is 2. The van der Waals surface area contributed by atoms with Gasteiger partial charge in [0.1, 0.15) is 17.2 Å². The van der Waals surface area contributed by atoms with Gasteiger partial charge in [-0.05, 0) is 110 Å². The zero-order valence-electron chi connectivity index (χ0n) is 37.8. The summed E-state index contributed by atoms with van der Waals surface area (Å²) < 4.78 is 26.9. The molecule has 354 valence electrons. The number of aromatic amines is 1. The van der Waals surface area contributed by atoms with Crippen LogP contribution < -0.4 is 29.3 Å². The number of benzene rings is 3. The lowest BCUT2D eigenvalue weighted by Crippen LogP contribution is -2.30. The van der Waals surface area contributed by atoms with Gasteiger partial charge in [-0.3, -0.25) is 19.8 Å². The molecule has 14 nitrogen and oxygen atoms in total. The van der Waals surface area contributed by atoms with E-state index in [1.807, 2.05) is 68.7 Å². The smallest absolute Gasteiger partial charge is 0.413 e. The second-order valence-electron chi connectivity index (χ2n) is 15.2. The van der Waals surface area contributed by atoms with Crippen molar-refractivity contribution in [3.05, 3.63) is 125 Å². The summed E-state index contributed by atoms with van der Waals surface area (Å²) in [6.45, 7) is 9.97. The Morgan fingerprint density at radius 3 is 1.54 bits per heavy atom. The van der Waals surface area contributed by atoms with Crippen molar-refractivity contribution in [1.82, 2.24) is 9.97 Å². The summed E-state index contributed by atoms with van der Waals surface area (Å²) in [4.78, 5) is 42.8. The topological polar surface area (TPSA) is 152 Å². The number of aromatic nitrogens is 2. The molecule has 5 aliphatic heterocycles. The number of carbonyl (C=O) groups is 2. The first-order chi connectivity index (χ1) is 31.8. The summed E-state index contributed by atoms with van der Waals surface area (Å²) in [6.07, 6.45) is 21.5. The average Bonchev–Trinajstić information content (AvgIpc) is 4.17. The number of amides is 2. The van der Waals surface area contributed by atoms with Crippen LogP contribution in [-0.4, -0.2) is 88.3 Å². The van der Waals surface area contributed by atoms with Crippen LogP contribution in [-0.2, 0) is 9.47 Å². The van der Waals surface area contributed by atoms with Crippen molar-refractivity contribution in [2.24, 2.45) is 9.98 Å². The number of ether oxygens (including phenoxy) is 5. The number of nitrogens with one attached hydrogen (secondary N) is 2. The molecule has 0 spiro atoms. The molecule has 6 heterocycles. The number of anilines is 3. The van der Waals surface area contributed by atoms with E-state index in [1.54, 1.807) is 22.3 Å². The van der Waals surface area contributed by atoms with Crippen molar-refractivity contribution in [3.8, 4) is 17.2 Å². The van der Waals surface area contributed by atoms with Crippen LogP contribution in [0.1, 0.15) is 90.1 Å². The van der Waals surface area contributed by atoms with Crippen LogP contribution in [0.2, 0.25) is 0 Å². The van der Waals surface area contributed by atoms with E-state index in [-0.39, 0.29) is 27.0 Å². The Bertz CT molecular complexity index is 2550. The fourth-order valence-electron chi connectivity index (χ4n) is 7.92. The maximum absolute atomic E-state index is 11.9. The van der Waals surface area contributed by atoms with E-state index in [4.69, 9.17) is 23.7 Å². The standard InChI is InChI=1S/C18H20N2O3.C17H19N3O3.C16H18N2O.2CH4/c1-3-20(18(21)22-2)15-6-7-17-16(12-15)13(8-10-23-17)11-14-5-4-9-19-14;1-3-20(17(21)22-2)14-4-5-16-15(9-14)12(6-7-23-16)8-13-10-18-11-19-13;1-2-17-14-5-6-16-15(11-14)12(7-9-19-16)10-13-4-3-8-18-13;;/h5-7,9,11-12H,3-4,8,10H2,1-2H3;4-5,8-11H,3,6-7H2,1-2H3,(H,18,19);4-6,8,10-11,17H,2-3,7,9H2,1H3;2*1H4/b13-11+;12-8+;12-10+;;. The number of hydrogen-bond acceptors (Lipinski definition) is 11. The number of H-pyrrole nitrogens is 1. The summed E-state index contributed by atoms with van der Waals surface area (Å²) >= 11 is 0. The quantitative estimate of drug-likeness (QED) is 0.167. The van der Waals surface area contributed by atoms with E-state index in [1.165, 1.54) is 30.9 Å². The predicted molar refractivity (Wildman–Crippen MR) is 273 cm³/mol. The van der Waals surface area contributed by atoms with Gasteiger partial charge >= 0.3 is 12.2 Å². The molecule has 3 aromatic carbocycles. The molecule has 0 saturated carbocycles. The molecule has 0 aliphatic carbocycles. The fraction of sp³-hybridized carbons (Fsp3) is 0.340. The summed E-state index contributed by atoms with van der Waals surface area (Å²) in [7, 11) is 2.78. The van der Waals surface area contributed by atoms with Crippen molar-refractivity contribution < 1.29 is 33.3 Å². The minimum absolute atomic E-state index is 0. The molecule has 67 heavy (non-hydrogen) atoms. The number of hydrogen-bond donors (Lipinski definition) is 2. The maximum Gasteiger partial charge on any atom is 0.413 e. The Labute approximate surface area is 395 Å². The molecule has 9 rings (SSSR count). The number of fused-ring (bicyclic) bond motifs is 3. The second kappa shape index (κ2) is 24.8. The Morgan fingerprint density at radius 2 is 1.13 bits per heavy atom. The maximum atomic E-state index is 11.9. The van der Waals surface area contributed by atoms with Crippen LogP contribution in [0, 0.1) is 0 Å². The molecule has 0 fully saturated rings. The van der Waals surface area contributed by atoms with Crippen molar-refractivity contribution >= 4 is 64.5 Å². The number of methoxy groups -OCH3 is 2. The zero-order chi connectivity index (χ0) is 45.5. The third kappa shape index (κ3) is 12.7. The van der Waals surface area contributed by atoms with Gasteiger partial charge < -0.3 is 34.0 Å². The highest BCUT2D eigenvalue weighted by molar-refractivity contribution is 5.91. The molecule has 0 unspecified atom stereocenters. The lowest BCUT2D eigenvalue weighted by atomic mass is 9.98. The largest absolute Gasteiger partial charge is 0.493 e. The van der Waals surface area contributed by atoms with Gasteiger partial charge in [-0.15, -0.1) is 0 Å². The number of imidazole rings is 1. The number of rotatable bonds is 9. The highest BCUT2D eigenvalue weighted by Gasteiger charge is 2.23. The monoisotopic (exact) mass is 911 g/mol. The van der Waals surface area contributed by atoms with Gasteiger partial charge in [0.25, 0.3) is 0 Å². The third-order valence-corrected chi connectivity index (χ3v) is 11.1. The minimum Gasteiger partial charge on any atom is -0.493 e. The van der Waals surface area contributed by atoms with Crippen molar-refractivity contribution in [3.63, 3.8) is 0 Å². The molecule has 14 heteroatoms. The summed E-state index contributed by atoms with van der Waals surface area (Å²) in [5.74, 6) is 2.64. The zero-order valence-corrected chi connectivity index (χ0v) is 37.8. The van der Waals surface area contributed by atoms with E-state index in [0.29, 0.717) is 26.3 Å². The summed E-state index contributed by atoms with van der Waals surface area (Å²) in [6, 6.07) is 17.8. The first-order valence-corrected chi connectivity index (χ1v) is 22.1. The van der Waals surface area contributed by atoms with Gasteiger partial charge in [-0.2, -0.15) is 0 Å². The molecule has 1 aromatic heterocycles. The Hall–Kier alpha value is -7.35. The van der Waals surface area contributed by atoms with Gasteiger partial charge in [0.2, 0.25) is 0 Å². The van der Waals surface area contributed by atoms with E-state index < -0.39 is 0 Å². The first-order valence-electron chi connectivity index (χ1n) is 22.1. The van der Waals surface area contributed by atoms with Gasteiger partial charge in [-0.1, -0.05) is 27.0 Å². The molecule has 0 bridgehead atoms. The Balaban J connectivity index is 0.000000186. The third-order valence-electron chi connectivity index (χ3n) is 11.1. The van der Waals surface area contributed by atoms with Gasteiger partial charge in [-0.25, -0.2) is 14.6 Å². The van der Waals surface area contributed by atoms with Crippen LogP contribution in [0.3, 0.4) is 0 Å². The number of allylic oxidation sites excluding steroid dienone is 4. The van der Waals surface area contributed by atoms with Gasteiger partial charge in [0, 0.05) is 97.9 Å². The van der Waals surface area contributed by atoms with E-state index in [2.05, 4.69) is 74.7 Å². The van der Waals surface area contributed by atoms with E-state index >= 15 is 0 Å². The van der Waals surface area contributed by atoms with Gasteiger partial charge in [0.05, 0.1) is 63.7 Å². The minimum atomic E-state index is -0.372. The number of nitrogens with zero attached hydrogens (tertiary/aromatic N) is 5. The molecule has 0 radical (unpaired) electrons. The van der Waals surface area contributed by atoms with Crippen molar-refractivity contribution in [2.75, 3.05) is 68.8 Å². The first kappa shape index (κ1) is 50.6. The normalized spacial score (nSPS) is 16.5. The summed E-state index contributed by atoms with van der Waals surface area (Å²) in [5, 5.41) is 3.34. The van der Waals surface area contributed by atoms with Crippen LogP contribution in [0.5, 0.6) is 17.2 Å². The molecule has 2 amide bonds. The lowest BCUT2D eigenvalue weighted by molar-refractivity contribution is 0.178. The summed E-state index contributed by atoms with van der Waals surface area (Å²) in [5.41, 5.74) is 12.6. The second-order valence-corrected chi connectivity index (χ2v) is 15.2. The van der Waals surface area contributed by atoms with Crippen LogP contribution in [0.25, 0.3) is 22.8 Å². The van der Waals surface area contributed by atoms with Crippen LogP contribution >= 0.6 is 0 Å². The Kier molecular flexibility index (Phi) is 18.7. The Morgan fingerprint density at radius 1 is 0.672 bits per heavy atom. The highest BCUT2D eigenvalue weighted by Crippen LogP contribution is 2.39. The predicted octanol–water partition coefficient (Wildman–Crippen LogP) is 12.0. The van der Waals surface area contributed by atoms with Crippen molar-refractivity contribution in [1.29, 1.82) is 0 Å². The number of carbonyl (C=O) groups excluding carboxylic acids is 2. The lowest BCUT2D eigenvalue weighted by Gasteiger charge is -2.24. The van der Waals surface area contributed by atoms with E-state index in [9.17, 15) is 9.59 Å². The molecule has 0 atom stereocenters.